The minimum atomic E-state index is 0.257. The van der Waals surface area contributed by atoms with Gasteiger partial charge in [-0.25, -0.2) is 0 Å². The Kier molecular flexibility index (Phi) is 4.14. The van der Waals surface area contributed by atoms with E-state index < -0.39 is 0 Å². The first-order chi connectivity index (χ1) is 11.7. The van der Waals surface area contributed by atoms with Crippen molar-refractivity contribution in [3.05, 3.63) is 35.5 Å². The van der Waals surface area contributed by atoms with E-state index in [2.05, 4.69) is 35.0 Å². The minimum Gasteiger partial charge on any atom is -0.486 e. The summed E-state index contributed by atoms with van der Waals surface area (Å²) in [4.78, 5) is 6.92. The smallest absolute Gasteiger partial charge is 0.229 e. The van der Waals surface area contributed by atoms with Crippen molar-refractivity contribution in [3.8, 4) is 11.5 Å². The van der Waals surface area contributed by atoms with Gasteiger partial charge in [-0.2, -0.15) is 4.98 Å². The zero-order valence-electron chi connectivity index (χ0n) is 14.2. The molecule has 1 atom stereocenters. The average molecular weight is 329 g/mol. The van der Waals surface area contributed by atoms with Gasteiger partial charge in [0.05, 0.1) is 6.54 Å². The van der Waals surface area contributed by atoms with Crippen LogP contribution in [0, 0.1) is 0 Å². The van der Waals surface area contributed by atoms with Gasteiger partial charge in [0.15, 0.2) is 17.3 Å². The van der Waals surface area contributed by atoms with E-state index in [1.807, 2.05) is 12.1 Å². The van der Waals surface area contributed by atoms with Crippen LogP contribution < -0.4 is 9.47 Å². The minimum absolute atomic E-state index is 0.257. The molecule has 0 bridgehead atoms. The number of hydrogen-bond donors (Lipinski definition) is 0. The highest BCUT2D eigenvalue weighted by molar-refractivity contribution is 5.49. The molecule has 1 aromatic carbocycles. The number of ether oxygens (including phenoxy) is 2. The molecule has 0 unspecified atom stereocenters. The summed E-state index contributed by atoms with van der Waals surface area (Å²) in [6.45, 7) is 7.07. The number of hydrogen-bond acceptors (Lipinski definition) is 6. The van der Waals surface area contributed by atoms with E-state index >= 15 is 0 Å². The topological polar surface area (TPSA) is 60.6 Å². The fourth-order valence-corrected chi connectivity index (χ4v) is 3.47. The van der Waals surface area contributed by atoms with E-state index in [4.69, 9.17) is 14.0 Å². The van der Waals surface area contributed by atoms with Crippen LogP contribution >= 0.6 is 0 Å². The van der Waals surface area contributed by atoms with Gasteiger partial charge in [-0.15, -0.1) is 0 Å². The number of aromatic nitrogens is 2. The highest BCUT2D eigenvalue weighted by Crippen LogP contribution is 2.43. The highest BCUT2D eigenvalue weighted by Gasteiger charge is 2.31. The summed E-state index contributed by atoms with van der Waals surface area (Å²) >= 11 is 0. The standard InChI is InChI=1S/C18H23N3O3/c1-12(2)18-19-16(20-24-18)11-21-8-4-6-14(21)13-5-3-7-15-17(13)23-10-9-22-15/h3,5,7,12,14H,4,6,8-11H2,1-2H3/t14-/m1/s1. The van der Waals surface area contributed by atoms with Crippen molar-refractivity contribution in [2.45, 2.75) is 45.2 Å². The van der Waals surface area contributed by atoms with Crippen molar-refractivity contribution in [3.63, 3.8) is 0 Å². The molecule has 2 aliphatic rings. The van der Waals surface area contributed by atoms with Crippen molar-refractivity contribution in [1.82, 2.24) is 15.0 Å². The summed E-state index contributed by atoms with van der Waals surface area (Å²) in [6, 6.07) is 6.48. The Balaban J connectivity index is 1.57. The van der Waals surface area contributed by atoms with Crippen LogP contribution in [0.2, 0.25) is 0 Å². The number of likely N-dealkylation sites (tertiary alicyclic amines) is 1. The van der Waals surface area contributed by atoms with Crippen LogP contribution in [-0.2, 0) is 6.54 Å². The third kappa shape index (κ3) is 2.86. The molecule has 1 fully saturated rings. The summed E-state index contributed by atoms with van der Waals surface area (Å²) in [5, 5.41) is 4.13. The van der Waals surface area contributed by atoms with E-state index in [9.17, 15) is 0 Å². The normalized spacial score (nSPS) is 20.7. The third-order valence-corrected chi connectivity index (χ3v) is 4.64. The van der Waals surface area contributed by atoms with Gasteiger partial charge in [0.2, 0.25) is 5.89 Å². The quantitative estimate of drug-likeness (QED) is 0.858. The van der Waals surface area contributed by atoms with Gasteiger partial charge in [-0.1, -0.05) is 31.1 Å². The number of rotatable bonds is 4. The summed E-state index contributed by atoms with van der Waals surface area (Å²) in [5.74, 6) is 3.47. The predicted octanol–water partition coefficient (Wildman–Crippen LogP) is 3.30. The zero-order chi connectivity index (χ0) is 16.5. The van der Waals surface area contributed by atoms with Crippen LogP contribution in [0.4, 0.5) is 0 Å². The van der Waals surface area contributed by atoms with E-state index in [0.29, 0.717) is 31.7 Å². The molecule has 128 valence electrons. The van der Waals surface area contributed by atoms with Crippen LogP contribution in [-0.4, -0.2) is 34.8 Å². The summed E-state index contributed by atoms with van der Waals surface area (Å²) in [7, 11) is 0. The summed E-state index contributed by atoms with van der Waals surface area (Å²) < 4.78 is 17.0. The van der Waals surface area contributed by atoms with Crippen molar-refractivity contribution in [1.29, 1.82) is 0 Å². The van der Waals surface area contributed by atoms with E-state index in [1.165, 1.54) is 5.56 Å². The number of fused-ring (bicyclic) bond motifs is 1. The van der Waals surface area contributed by atoms with Crippen LogP contribution in [0.15, 0.2) is 22.7 Å². The Bertz CT molecular complexity index is 713. The van der Waals surface area contributed by atoms with Crippen LogP contribution in [0.3, 0.4) is 0 Å². The molecule has 3 heterocycles. The third-order valence-electron chi connectivity index (χ3n) is 4.64. The van der Waals surface area contributed by atoms with Crippen LogP contribution in [0.1, 0.15) is 55.9 Å². The van der Waals surface area contributed by atoms with E-state index in [-0.39, 0.29) is 5.92 Å². The largest absolute Gasteiger partial charge is 0.486 e. The first-order valence-corrected chi connectivity index (χ1v) is 8.67. The Morgan fingerprint density at radius 2 is 2.12 bits per heavy atom. The maximum absolute atomic E-state index is 5.90. The maximum Gasteiger partial charge on any atom is 0.229 e. The van der Waals surface area contributed by atoms with Gasteiger partial charge in [0.25, 0.3) is 0 Å². The fraction of sp³-hybridized carbons (Fsp3) is 0.556. The molecule has 0 N–H and O–H groups in total. The van der Waals surface area contributed by atoms with Crippen molar-refractivity contribution >= 4 is 0 Å². The molecule has 2 aromatic rings. The second kappa shape index (κ2) is 6.43. The first kappa shape index (κ1) is 15.4. The molecule has 4 rings (SSSR count). The van der Waals surface area contributed by atoms with Gasteiger partial charge in [-0.3, -0.25) is 4.90 Å². The number of nitrogens with zero attached hydrogens (tertiary/aromatic N) is 3. The van der Waals surface area contributed by atoms with Crippen LogP contribution in [0.5, 0.6) is 11.5 Å². The van der Waals surface area contributed by atoms with E-state index in [0.717, 1.165) is 36.7 Å². The molecule has 0 aliphatic carbocycles. The Labute approximate surface area is 141 Å². The average Bonchev–Trinajstić information content (AvgIpc) is 3.24. The zero-order valence-corrected chi connectivity index (χ0v) is 14.2. The molecule has 1 aromatic heterocycles. The lowest BCUT2D eigenvalue weighted by molar-refractivity contribution is 0.163. The van der Waals surface area contributed by atoms with Crippen LogP contribution in [0.25, 0.3) is 0 Å². The van der Waals surface area contributed by atoms with Gasteiger partial charge in [0, 0.05) is 17.5 Å². The summed E-state index contributed by atoms with van der Waals surface area (Å²) in [5.41, 5.74) is 1.21. The summed E-state index contributed by atoms with van der Waals surface area (Å²) in [6.07, 6.45) is 2.26. The molecular weight excluding hydrogens is 306 g/mol. The van der Waals surface area contributed by atoms with Gasteiger partial charge >= 0.3 is 0 Å². The van der Waals surface area contributed by atoms with Gasteiger partial charge in [-0.05, 0) is 25.5 Å². The van der Waals surface area contributed by atoms with Gasteiger partial charge in [0.1, 0.15) is 13.2 Å². The molecule has 0 radical (unpaired) electrons. The van der Waals surface area contributed by atoms with E-state index in [1.54, 1.807) is 0 Å². The molecule has 2 aliphatic heterocycles. The Morgan fingerprint density at radius 1 is 1.25 bits per heavy atom. The molecular formula is C18H23N3O3. The first-order valence-electron chi connectivity index (χ1n) is 8.67. The monoisotopic (exact) mass is 329 g/mol. The molecule has 1 saturated heterocycles. The molecule has 0 saturated carbocycles. The SMILES string of the molecule is CC(C)c1nc(CN2CCC[C@@H]2c2cccc3c2OCCO3)no1. The second-order valence-corrected chi connectivity index (χ2v) is 6.70. The highest BCUT2D eigenvalue weighted by atomic mass is 16.6. The van der Waals surface area contributed by atoms with Crippen molar-refractivity contribution in [2.75, 3.05) is 19.8 Å². The molecule has 0 spiro atoms. The second-order valence-electron chi connectivity index (χ2n) is 6.70. The molecule has 0 amide bonds. The van der Waals surface area contributed by atoms with Crippen molar-refractivity contribution in [2.24, 2.45) is 0 Å². The predicted molar refractivity (Wildman–Crippen MR) is 88.2 cm³/mol. The lowest BCUT2D eigenvalue weighted by atomic mass is 10.0. The number of benzene rings is 1. The Hall–Kier alpha value is -2.08. The number of para-hydroxylation sites is 1. The molecule has 24 heavy (non-hydrogen) atoms. The van der Waals surface area contributed by atoms with Crippen molar-refractivity contribution < 1.29 is 14.0 Å². The lowest BCUT2D eigenvalue weighted by Crippen LogP contribution is -2.25. The maximum atomic E-state index is 5.90. The lowest BCUT2D eigenvalue weighted by Gasteiger charge is -2.28. The molecule has 6 nitrogen and oxygen atoms in total. The Morgan fingerprint density at radius 3 is 2.96 bits per heavy atom. The van der Waals surface area contributed by atoms with Gasteiger partial charge < -0.3 is 14.0 Å². The fourth-order valence-electron chi connectivity index (χ4n) is 3.47. The molecule has 6 heteroatoms.